The monoisotopic (exact) mass is 256 g/mol. The second-order valence-corrected chi connectivity index (χ2v) is 4.43. The van der Waals surface area contributed by atoms with E-state index in [2.05, 4.69) is 4.90 Å². The van der Waals surface area contributed by atoms with Gasteiger partial charge < -0.3 is 9.64 Å². The van der Waals surface area contributed by atoms with Crippen LogP contribution in [0.4, 0.5) is 11.4 Å². The van der Waals surface area contributed by atoms with Crippen LogP contribution in [-0.4, -0.2) is 30.7 Å². The molecule has 0 radical (unpaired) electrons. The van der Waals surface area contributed by atoms with Crippen molar-refractivity contribution in [2.45, 2.75) is 13.0 Å². The van der Waals surface area contributed by atoms with Crippen molar-refractivity contribution in [2.24, 2.45) is 0 Å². The van der Waals surface area contributed by atoms with Crippen molar-refractivity contribution in [3.05, 3.63) is 33.3 Å². The van der Waals surface area contributed by atoms with Crippen LogP contribution in [0.3, 0.4) is 0 Å². The van der Waals surface area contributed by atoms with E-state index in [9.17, 15) is 10.1 Å². The second kappa shape index (κ2) is 4.89. The highest BCUT2D eigenvalue weighted by molar-refractivity contribution is 6.33. The number of hydrogen-bond acceptors (Lipinski definition) is 4. The first-order valence-electron chi connectivity index (χ1n) is 5.38. The number of hydrogen-bond donors (Lipinski definition) is 0. The normalized spacial score (nSPS) is 20.4. The third-order valence-electron chi connectivity index (χ3n) is 2.72. The molecule has 17 heavy (non-hydrogen) atoms. The average Bonchev–Trinajstić information content (AvgIpc) is 2.28. The number of nitro groups is 1. The van der Waals surface area contributed by atoms with E-state index < -0.39 is 4.92 Å². The Morgan fingerprint density at radius 3 is 2.94 bits per heavy atom. The fourth-order valence-corrected chi connectivity index (χ4v) is 2.20. The van der Waals surface area contributed by atoms with E-state index in [-0.39, 0.29) is 11.8 Å². The minimum absolute atomic E-state index is 0.0139. The third kappa shape index (κ3) is 2.68. The van der Waals surface area contributed by atoms with Gasteiger partial charge in [0, 0.05) is 25.2 Å². The molecule has 1 fully saturated rings. The number of anilines is 1. The van der Waals surface area contributed by atoms with Crippen LogP contribution in [0.1, 0.15) is 6.92 Å². The summed E-state index contributed by atoms with van der Waals surface area (Å²) in [6, 6.07) is 4.55. The molecular weight excluding hydrogens is 244 g/mol. The van der Waals surface area contributed by atoms with Crippen LogP contribution in [0.2, 0.25) is 5.02 Å². The molecule has 1 aromatic rings. The highest BCUT2D eigenvalue weighted by Crippen LogP contribution is 2.30. The van der Waals surface area contributed by atoms with Crippen LogP contribution < -0.4 is 4.90 Å². The number of morpholine rings is 1. The molecule has 0 aromatic heterocycles. The number of non-ortho nitro benzene ring substituents is 1. The van der Waals surface area contributed by atoms with Gasteiger partial charge in [0.25, 0.3) is 5.69 Å². The lowest BCUT2D eigenvalue weighted by Crippen LogP contribution is -2.41. The van der Waals surface area contributed by atoms with E-state index in [1.807, 2.05) is 6.92 Å². The molecule has 6 heteroatoms. The van der Waals surface area contributed by atoms with Gasteiger partial charge >= 0.3 is 0 Å². The van der Waals surface area contributed by atoms with E-state index in [1.54, 1.807) is 6.07 Å². The standard InChI is InChI=1S/C11H13ClN2O3/c1-8-7-13(4-5-17-8)11-3-2-9(14(15)16)6-10(11)12/h2-3,6,8H,4-5,7H2,1H3. The molecule has 0 aliphatic carbocycles. The molecule has 1 aromatic carbocycles. The number of halogens is 1. The molecule has 0 bridgehead atoms. The lowest BCUT2D eigenvalue weighted by atomic mass is 10.2. The summed E-state index contributed by atoms with van der Waals surface area (Å²) in [5.41, 5.74) is 0.840. The molecule has 0 saturated carbocycles. The molecule has 2 rings (SSSR count). The zero-order valence-corrected chi connectivity index (χ0v) is 10.2. The first-order valence-corrected chi connectivity index (χ1v) is 5.76. The summed E-state index contributed by atoms with van der Waals surface area (Å²) in [7, 11) is 0. The lowest BCUT2D eigenvalue weighted by molar-refractivity contribution is -0.384. The van der Waals surface area contributed by atoms with Gasteiger partial charge in [-0.1, -0.05) is 11.6 Å². The van der Waals surface area contributed by atoms with Crippen LogP contribution >= 0.6 is 11.6 Å². The van der Waals surface area contributed by atoms with Gasteiger partial charge in [-0.3, -0.25) is 10.1 Å². The summed E-state index contributed by atoms with van der Waals surface area (Å²) in [5.74, 6) is 0. The van der Waals surface area contributed by atoms with E-state index in [0.29, 0.717) is 11.6 Å². The molecule has 1 atom stereocenters. The highest BCUT2D eigenvalue weighted by Gasteiger charge is 2.20. The van der Waals surface area contributed by atoms with Gasteiger partial charge in [0.1, 0.15) is 0 Å². The summed E-state index contributed by atoms with van der Waals surface area (Å²) in [6.07, 6.45) is 0.148. The number of benzene rings is 1. The Hall–Kier alpha value is -1.33. The summed E-state index contributed by atoms with van der Waals surface area (Å²) < 4.78 is 5.44. The van der Waals surface area contributed by atoms with E-state index >= 15 is 0 Å². The number of rotatable bonds is 2. The minimum atomic E-state index is -0.447. The summed E-state index contributed by atoms with van der Waals surface area (Å²) >= 11 is 6.07. The molecule has 1 aliphatic heterocycles. The Morgan fingerprint density at radius 1 is 1.59 bits per heavy atom. The minimum Gasteiger partial charge on any atom is -0.375 e. The van der Waals surface area contributed by atoms with Gasteiger partial charge in [0.15, 0.2) is 0 Å². The maximum absolute atomic E-state index is 10.6. The zero-order valence-electron chi connectivity index (χ0n) is 9.43. The zero-order chi connectivity index (χ0) is 12.4. The average molecular weight is 257 g/mol. The predicted molar refractivity (Wildman–Crippen MR) is 65.7 cm³/mol. The maximum Gasteiger partial charge on any atom is 0.271 e. The Balaban J connectivity index is 2.23. The Kier molecular flexibility index (Phi) is 3.49. The molecule has 1 saturated heterocycles. The SMILES string of the molecule is CC1CN(c2ccc([N+](=O)[O-])cc2Cl)CCO1. The van der Waals surface area contributed by atoms with Gasteiger partial charge in [-0.15, -0.1) is 0 Å². The summed E-state index contributed by atoms with van der Waals surface area (Å²) in [5, 5.41) is 11.0. The van der Waals surface area contributed by atoms with Crippen molar-refractivity contribution in [3.63, 3.8) is 0 Å². The van der Waals surface area contributed by atoms with Crippen molar-refractivity contribution in [1.82, 2.24) is 0 Å². The third-order valence-corrected chi connectivity index (χ3v) is 3.03. The first kappa shape index (κ1) is 12.1. The Labute approximate surface area is 104 Å². The van der Waals surface area contributed by atoms with Crippen molar-refractivity contribution in [2.75, 3.05) is 24.6 Å². The van der Waals surface area contributed by atoms with Crippen molar-refractivity contribution in [3.8, 4) is 0 Å². The van der Waals surface area contributed by atoms with E-state index in [0.717, 1.165) is 18.8 Å². The fraction of sp³-hybridized carbons (Fsp3) is 0.455. The molecule has 1 heterocycles. The number of nitro benzene ring substituents is 1. The molecule has 0 amide bonds. The molecule has 92 valence electrons. The second-order valence-electron chi connectivity index (χ2n) is 4.02. The molecule has 1 aliphatic rings. The highest BCUT2D eigenvalue weighted by atomic mass is 35.5. The molecular formula is C11H13ClN2O3. The summed E-state index contributed by atoms with van der Waals surface area (Å²) in [4.78, 5) is 12.2. The van der Waals surface area contributed by atoms with Crippen LogP contribution in [0.5, 0.6) is 0 Å². The molecule has 0 N–H and O–H groups in total. The van der Waals surface area contributed by atoms with Gasteiger partial charge in [-0.2, -0.15) is 0 Å². The van der Waals surface area contributed by atoms with Gasteiger partial charge in [-0.25, -0.2) is 0 Å². The molecule has 1 unspecified atom stereocenters. The van der Waals surface area contributed by atoms with Crippen molar-refractivity contribution in [1.29, 1.82) is 0 Å². The lowest BCUT2D eigenvalue weighted by Gasteiger charge is -2.33. The fourth-order valence-electron chi connectivity index (χ4n) is 1.90. The van der Waals surface area contributed by atoms with Crippen molar-refractivity contribution >= 4 is 23.0 Å². The molecule has 5 nitrogen and oxygen atoms in total. The number of ether oxygens (including phenoxy) is 1. The maximum atomic E-state index is 10.6. The van der Waals surface area contributed by atoms with Gasteiger partial charge in [-0.05, 0) is 13.0 Å². The smallest absolute Gasteiger partial charge is 0.271 e. The Morgan fingerprint density at radius 2 is 2.35 bits per heavy atom. The predicted octanol–water partition coefficient (Wildman–Crippen LogP) is 2.47. The number of nitrogens with zero attached hydrogens (tertiary/aromatic N) is 2. The van der Waals surface area contributed by atoms with Gasteiger partial charge in [0.2, 0.25) is 0 Å². The van der Waals surface area contributed by atoms with E-state index in [4.69, 9.17) is 16.3 Å². The molecule has 0 spiro atoms. The van der Waals surface area contributed by atoms with Crippen LogP contribution in [0.15, 0.2) is 18.2 Å². The van der Waals surface area contributed by atoms with Crippen LogP contribution in [0.25, 0.3) is 0 Å². The topological polar surface area (TPSA) is 55.6 Å². The van der Waals surface area contributed by atoms with E-state index in [1.165, 1.54) is 12.1 Å². The summed E-state index contributed by atoms with van der Waals surface area (Å²) in [6.45, 7) is 4.14. The van der Waals surface area contributed by atoms with Crippen LogP contribution in [0, 0.1) is 10.1 Å². The van der Waals surface area contributed by atoms with Crippen molar-refractivity contribution < 1.29 is 9.66 Å². The van der Waals surface area contributed by atoms with Gasteiger partial charge in [0.05, 0.1) is 28.3 Å². The first-order chi connectivity index (χ1) is 8.08. The van der Waals surface area contributed by atoms with Crippen LogP contribution in [-0.2, 0) is 4.74 Å². The largest absolute Gasteiger partial charge is 0.375 e. The quantitative estimate of drug-likeness (QED) is 0.603. The Bertz CT molecular complexity index is 439.